The van der Waals surface area contributed by atoms with Gasteiger partial charge >= 0.3 is 5.69 Å². The Hall–Kier alpha value is -3.28. The number of aromatic nitrogens is 5. The molecule has 0 saturated carbocycles. The van der Waals surface area contributed by atoms with Crippen LogP contribution in [0.2, 0.25) is 0 Å². The first-order chi connectivity index (χ1) is 14.5. The molecule has 0 amide bonds. The Bertz CT molecular complexity index is 1140. The van der Waals surface area contributed by atoms with Gasteiger partial charge < -0.3 is 19.7 Å². The molecule has 30 heavy (non-hydrogen) atoms. The van der Waals surface area contributed by atoms with Crippen molar-refractivity contribution in [3.63, 3.8) is 0 Å². The van der Waals surface area contributed by atoms with Gasteiger partial charge in [-0.1, -0.05) is 17.3 Å². The van der Waals surface area contributed by atoms with E-state index >= 15 is 0 Å². The number of aliphatic hydroxyl groups excluding tert-OH is 2. The van der Waals surface area contributed by atoms with Crippen LogP contribution in [0.5, 0.6) is 5.75 Å². The van der Waals surface area contributed by atoms with E-state index in [4.69, 9.17) is 9.47 Å². The van der Waals surface area contributed by atoms with Crippen molar-refractivity contribution >= 4 is 0 Å². The molecule has 3 heterocycles. The quantitative estimate of drug-likeness (QED) is 0.489. The Balaban J connectivity index is 1.58. The number of aliphatic hydroxyl groups is 2. The number of hydrogen-bond acceptors (Lipinski definition) is 8. The molecule has 2 aromatic heterocycles. The topological polar surface area (TPSA) is 144 Å². The van der Waals surface area contributed by atoms with E-state index in [2.05, 4.69) is 15.3 Å². The number of hydrogen-bond donors (Lipinski definition) is 3. The van der Waals surface area contributed by atoms with Crippen molar-refractivity contribution in [1.29, 1.82) is 0 Å². The minimum Gasteiger partial charge on any atom is -0.487 e. The highest BCUT2D eigenvalue weighted by molar-refractivity contribution is 5.27. The highest BCUT2D eigenvalue weighted by Gasteiger charge is 2.46. The summed E-state index contributed by atoms with van der Waals surface area (Å²) >= 11 is 0. The van der Waals surface area contributed by atoms with E-state index in [0.717, 1.165) is 10.1 Å². The Labute approximate surface area is 170 Å². The van der Waals surface area contributed by atoms with Crippen molar-refractivity contribution in [3.05, 3.63) is 74.8 Å². The molecule has 4 rings (SSSR count). The van der Waals surface area contributed by atoms with Gasteiger partial charge in [0.25, 0.3) is 5.56 Å². The molecule has 1 aromatic carbocycles. The van der Waals surface area contributed by atoms with E-state index in [9.17, 15) is 19.8 Å². The molecule has 1 aliphatic heterocycles. The van der Waals surface area contributed by atoms with Gasteiger partial charge in [-0.25, -0.2) is 9.48 Å². The summed E-state index contributed by atoms with van der Waals surface area (Å²) in [6.07, 6.45) is -0.254. The summed E-state index contributed by atoms with van der Waals surface area (Å²) in [5, 5.41) is 28.3. The van der Waals surface area contributed by atoms with Crippen molar-refractivity contribution in [1.82, 2.24) is 24.5 Å². The van der Waals surface area contributed by atoms with E-state index in [0.29, 0.717) is 11.4 Å². The lowest BCUT2D eigenvalue weighted by molar-refractivity contribution is -0.0479. The molecule has 0 aliphatic carbocycles. The summed E-state index contributed by atoms with van der Waals surface area (Å²) in [6, 6.07) is 7.88. The second kappa shape index (κ2) is 8.22. The zero-order valence-corrected chi connectivity index (χ0v) is 16.1. The van der Waals surface area contributed by atoms with Crippen molar-refractivity contribution in [2.24, 2.45) is 0 Å². The largest absolute Gasteiger partial charge is 0.487 e. The van der Waals surface area contributed by atoms with Crippen molar-refractivity contribution in [2.45, 2.75) is 38.0 Å². The first-order valence-corrected chi connectivity index (χ1v) is 9.32. The van der Waals surface area contributed by atoms with Crippen LogP contribution in [-0.2, 0) is 11.3 Å². The fourth-order valence-corrected chi connectivity index (χ4v) is 3.41. The fraction of sp³-hybridized carbons (Fsp3) is 0.368. The van der Waals surface area contributed by atoms with E-state index in [1.165, 1.54) is 16.9 Å². The summed E-state index contributed by atoms with van der Waals surface area (Å²) in [7, 11) is 0. The maximum absolute atomic E-state index is 12.2. The number of ether oxygens (including phenoxy) is 2. The normalized spacial score (nSPS) is 23.6. The van der Waals surface area contributed by atoms with Gasteiger partial charge in [0.15, 0.2) is 6.23 Å². The van der Waals surface area contributed by atoms with Gasteiger partial charge in [-0.3, -0.25) is 14.3 Å². The molecule has 11 nitrogen and oxygen atoms in total. The monoisotopic (exact) mass is 415 g/mol. The summed E-state index contributed by atoms with van der Waals surface area (Å²) in [5.74, 6) is 0.687. The molecule has 1 aliphatic rings. The fourth-order valence-electron chi connectivity index (χ4n) is 3.41. The predicted octanol–water partition coefficient (Wildman–Crippen LogP) is -0.493. The lowest BCUT2D eigenvalue weighted by Gasteiger charge is -2.21. The number of rotatable bonds is 6. The van der Waals surface area contributed by atoms with E-state index < -0.39 is 42.3 Å². The minimum atomic E-state index is -1.16. The molecular formula is C19H21N5O6. The maximum atomic E-state index is 12.2. The van der Waals surface area contributed by atoms with Crippen LogP contribution in [0.3, 0.4) is 0 Å². The number of nitrogens with one attached hydrogen (secondary N) is 1. The van der Waals surface area contributed by atoms with Gasteiger partial charge in [0.2, 0.25) is 0 Å². The molecule has 4 atom stereocenters. The first kappa shape index (κ1) is 20.0. The molecule has 158 valence electrons. The van der Waals surface area contributed by atoms with Gasteiger partial charge in [0.05, 0.1) is 12.8 Å². The summed E-state index contributed by atoms with van der Waals surface area (Å²) in [4.78, 5) is 25.7. The third-order valence-corrected chi connectivity index (χ3v) is 4.88. The Morgan fingerprint density at radius 1 is 1.30 bits per heavy atom. The number of H-pyrrole nitrogens is 1. The van der Waals surface area contributed by atoms with Crippen molar-refractivity contribution in [2.75, 3.05) is 6.61 Å². The highest BCUT2D eigenvalue weighted by atomic mass is 16.5. The standard InChI is InChI=1S/C19H21N5O6/c1-11-3-2-4-13(7-11)29-10-12-8-24(22-21-12)16-17(27)14(9-25)30-18(16)23-6-5-15(26)20-19(23)28/h2-8,14,16-18,25,27H,9-10H2,1H3,(H,20,26,28)/t14-,16-,17-,18-/m1/s1. The van der Waals surface area contributed by atoms with E-state index in [1.807, 2.05) is 31.2 Å². The lowest BCUT2D eigenvalue weighted by atomic mass is 10.1. The van der Waals surface area contributed by atoms with Crippen LogP contribution in [0.1, 0.15) is 23.5 Å². The third-order valence-electron chi connectivity index (χ3n) is 4.88. The van der Waals surface area contributed by atoms with Gasteiger partial charge in [-0.15, -0.1) is 5.10 Å². The second-order valence-electron chi connectivity index (χ2n) is 7.04. The molecule has 3 N–H and O–H groups in total. The maximum Gasteiger partial charge on any atom is 0.330 e. The number of aromatic amines is 1. The molecule has 1 fully saturated rings. The molecule has 3 aromatic rings. The Kier molecular flexibility index (Phi) is 5.48. The second-order valence-corrected chi connectivity index (χ2v) is 7.04. The predicted molar refractivity (Wildman–Crippen MR) is 103 cm³/mol. The van der Waals surface area contributed by atoms with E-state index in [-0.39, 0.29) is 6.61 Å². The summed E-state index contributed by atoms with van der Waals surface area (Å²) in [5.41, 5.74) is 0.308. The van der Waals surface area contributed by atoms with Gasteiger partial charge in [0.1, 0.15) is 36.3 Å². The van der Waals surface area contributed by atoms with Crippen LogP contribution in [0.25, 0.3) is 0 Å². The number of nitrogens with zero attached hydrogens (tertiary/aromatic N) is 4. The number of aryl methyl sites for hydroxylation is 1. The Morgan fingerprint density at radius 2 is 2.13 bits per heavy atom. The number of benzene rings is 1. The molecular weight excluding hydrogens is 394 g/mol. The Morgan fingerprint density at radius 3 is 2.87 bits per heavy atom. The SMILES string of the molecule is Cc1cccc(OCc2cn([C@@H]3[C@H](O)[C@@H](CO)O[C@H]3n3ccc(=O)[nH]c3=O)nn2)c1. The summed E-state index contributed by atoms with van der Waals surface area (Å²) < 4.78 is 13.9. The van der Waals surface area contributed by atoms with Gasteiger partial charge in [-0.05, 0) is 24.6 Å². The summed E-state index contributed by atoms with van der Waals surface area (Å²) in [6.45, 7) is 1.66. The zero-order valence-electron chi connectivity index (χ0n) is 16.1. The first-order valence-electron chi connectivity index (χ1n) is 9.32. The van der Waals surface area contributed by atoms with Crippen molar-refractivity contribution < 1.29 is 19.7 Å². The average Bonchev–Trinajstić information content (AvgIpc) is 3.30. The van der Waals surface area contributed by atoms with Crippen LogP contribution < -0.4 is 16.0 Å². The van der Waals surface area contributed by atoms with Gasteiger partial charge in [-0.2, -0.15) is 0 Å². The molecule has 1 saturated heterocycles. The van der Waals surface area contributed by atoms with E-state index in [1.54, 1.807) is 6.20 Å². The smallest absolute Gasteiger partial charge is 0.330 e. The molecule has 0 spiro atoms. The van der Waals surface area contributed by atoms with Crippen LogP contribution in [0, 0.1) is 6.92 Å². The molecule has 11 heteroatoms. The lowest BCUT2D eigenvalue weighted by Crippen LogP contribution is -2.36. The molecule has 0 unspecified atom stereocenters. The van der Waals surface area contributed by atoms with Crippen LogP contribution in [-0.4, -0.2) is 53.6 Å². The molecule has 0 bridgehead atoms. The van der Waals surface area contributed by atoms with Crippen LogP contribution in [0.4, 0.5) is 0 Å². The highest BCUT2D eigenvalue weighted by Crippen LogP contribution is 2.37. The van der Waals surface area contributed by atoms with Gasteiger partial charge in [0, 0.05) is 12.3 Å². The van der Waals surface area contributed by atoms with Crippen molar-refractivity contribution in [3.8, 4) is 5.75 Å². The minimum absolute atomic E-state index is 0.153. The van der Waals surface area contributed by atoms with Crippen LogP contribution >= 0.6 is 0 Å². The van der Waals surface area contributed by atoms with Crippen LogP contribution in [0.15, 0.2) is 52.3 Å². The average molecular weight is 415 g/mol. The zero-order chi connectivity index (χ0) is 21.3. The third kappa shape index (κ3) is 3.90. The molecule has 0 radical (unpaired) electrons.